The van der Waals surface area contributed by atoms with E-state index in [2.05, 4.69) is 5.32 Å². The van der Waals surface area contributed by atoms with Crippen molar-refractivity contribution in [3.8, 4) is 0 Å². The van der Waals surface area contributed by atoms with Crippen molar-refractivity contribution in [2.75, 3.05) is 19.8 Å². The van der Waals surface area contributed by atoms with Gasteiger partial charge in [-0.1, -0.05) is 0 Å². The molecule has 1 N–H and O–H groups in total. The smallest absolute Gasteiger partial charge is 1.00 e. The third-order valence-electron chi connectivity index (χ3n) is 2.48. The summed E-state index contributed by atoms with van der Waals surface area (Å²) >= 11 is 0. The number of alkyl carbamates (subject to hydrolysis) is 1. The third-order valence-corrected chi connectivity index (χ3v) is 2.48. The fourth-order valence-corrected chi connectivity index (χ4v) is 1.63. The molecular weight excluding hydrogens is 313 g/mol. The van der Waals surface area contributed by atoms with Crippen LogP contribution in [0.5, 0.6) is 0 Å². The van der Waals surface area contributed by atoms with Gasteiger partial charge in [-0.25, -0.2) is 4.79 Å². The number of ether oxygens (including phenoxy) is 3. The van der Waals surface area contributed by atoms with Crippen LogP contribution in [0.4, 0.5) is 4.79 Å². The van der Waals surface area contributed by atoms with Gasteiger partial charge in [0, 0.05) is 6.54 Å². The Morgan fingerprint density at radius 1 is 1.04 bits per heavy atom. The molecule has 23 heavy (non-hydrogen) atoms. The summed E-state index contributed by atoms with van der Waals surface area (Å²) in [5.41, 5.74) is -0.567. The minimum Gasteiger partial charge on any atom is -1.00 e. The molecule has 0 heterocycles. The van der Waals surface area contributed by atoms with E-state index in [1.165, 1.54) is 0 Å². The standard InChI is InChI=1S/C15H27NO6.Na.H/c1-6-20-12(17)11(13(18)21-7-2)9-8-10-16-14(19)22-15(3,4)5;;/h11H,6-10H2,1-5H3,(H,16,19);;/q;+1;-1. The van der Waals surface area contributed by atoms with Crippen molar-refractivity contribution in [2.45, 2.75) is 53.1 Å². The molecule has 0 aliphatic carbocycles. The largest absolute Gasteiger partial charge is 1.00 e. The van der Waals surface area contributed by atoms with Crippen LogP contribution >= 0.6 is 0 Å². The Kier molecular flexibility index (Phi) is 13.4. The predicted octanol–water partition coefficient (Wildman–Crippen LogP) is -0.850. The third kappa shape index (κ3) is 12.3. The first-order valence-electron chi connectivity index (χ1n) is 7.51. The van der Waals surface area contributed by atoms with Gasteiger partial charge in [0.1, 0.15) is 5.60 Å². The van der Waals surface area contributed by atoms with Crippen LogP contribution < -0.4 is 34.9 Å². The van der Waals surface area contributed by atoms with Crippen molar-refractivity contribution in [3.05, 3.63) is 0 Å². The van der Waals surface area contributed by atoms with Gasteiger partial charge in [-0.3, -0.25) is 9.59 Å². The average molecular weight is 341 g/mol. The molecule has 0 fully saturated rings. The molecule has 7 nitrogen and oxygen atoms in total. The van der Waals surface area contributed by atoms with Gasteiger partial charge in [0.25, 0.3) is 0 Å². The summed E-state index contributed by atoms with van der Waals surface area (Å²) in [6, 6.07) is 0. The van der Waals surface area contributed by atoms with Crippen molar-refractivity contribution >= 4 is 18.0 Å². The van der Waals surface area contributed by atoms with E-state index in [1.54, 1.807) is 34.6 Å². The van der Waals surface area contributed by atoms with E-state index in [1.807, 2.05) is 0 Å². The van der Waals surface area contributed by atoms with Crippen LogP contribution in [0.2, 0.25) is 0 Å². The van der Waals surface area contributed by atoms with Crippen molar-refractivity contribution < 1.29 is 59.6 Å². The molecule has 0 bridgehead atoms. The first-order chi connectivity index (χ1) is 10.2. The van der Waals surface area contributed by atoms with Gasteiger partial charge >= 0.3 is 47.6 Å². The first-order valence-corrected chi connectivity index (χ1v) is 7.51. The second-order valence-corrected chi connectivity index (χ2v) is 5.63. The number of carbonyl (C=O) groups is 3. The van der Waals surface area contributed by atoms with Crippen LogP contribution in [0.15, 0.2) is 0 Å². The fourth-order valence-electron chi connectivity index (χ4n) is 1.63. The Balaban J connectivity index is -0.00000220. The van der Waals surface area contributed by atoms with E-state index >= 15 is 0 Å². The normalized spacial score (nSPS) is 10.5. The van der Waals surface area contributed by atoms with E-state index in [-0.39, 0.29) is 50.6 Å². The zero-order valence-corrected chi connectivity index (χ0v) is 17.1. The Bertz CT molecular complexity index is 369. The molecular formula is C15H28NNaO6. The Labute approximate surface area is 161 Å². The number of hydrogen-bond acceptors (Lipinski definition) is 6. The molecule has 0 radical (unpaired) electrons. The summed E-state index contributed by atoms with van der Waals surface area (Å²) in [6.45, 7) is 9.34. The Morgan fingerprint density at radius 3 is 1.91 bits per heavy atom. The number of carbonyl (C=O) groups excluding carboxylic acids is 3. The van der Waals surface area contributed by atoms with Gasteiger partial charge in [0.15, 0.2) is 5.92 Å². The molecule has 0 saturated carbocycles. The van der Waals surface area contributed by atoms with Gasteiger partial charge in [0.2, 0.25) is 0 Å². The van der Waals surface area contributed by atoms with Crippen molar-refractivity contribution in [3.63, 3.8) is 0 Å². The second-order valence-electron chi connectivity index (χ2n) is 5.63. The quantitative estimate of drug-likeness (QED) is 0.203. The second kappa shape index (κ2) is 12.6. The van der Waals surface area contributed by atoms with E-state index in [0.29, 0.717) is 13.0 Å². The number of hydrogen-bond donors (Lipinski definition) is 1. The summed E-state index contributed by atoms with van der Waals surface area (Å²) in [7, 11) is 0. The van der Waals surface area contributed by atoms with Crippen LogP contribution in [0.25, 0.3) is 0 Å². The number of nitrogens with one attached hydrogen (secondary N) is 1. The summed E-state index contributed by atoms with van der Waals surface area (Å²) in [4.78, 5) is 34.9. The summed E-state index contributed by atoms with van der Waals surface area (Å²) in [5.74, 6) is -2.16. The average Bonchev–Trinajstić information content (AvgIpc) is 2.36. The topological polar surface area (TPSA) is 90.9 Å². The molecule has 0 spiro atoms. The number of rotatable bonds is 8. The molecule has 0 aliphatic heterocycles. The summed E-state index contributed by atoms with van der Waals surface area (Å²) < 4.78 is 14.8. The Hall–Kier alpha value is -0.790. The molecule has 130 valence electrons. The molecule has 0 saturated heterocycles. The fraction of sp³-hybridized carbons (Fsp3) is 0.800. The minimum absolute atomic E-state index is 0. The maximum Gasteiger partial charge on any atom is 1.00 e. The molecule has 0 atom stereocenters. The van der Waals surface area contributed by atoms with Gasteiger partial charge in [0.05, 0.1) is 13.2 Å². The maximum atomic E-state index is 11.7. The molecule has 0 aliphatic rings. The van der Waals surface area contributed by atoms with Gasteiger partial charge < -0.3 is 21.0 Å². The van der Waals surface area contributed by atoms with Crippen molar-refractivity contribution in [1.82, 2.24) is 5.32 Å². The van der Waals surface area contributed by atoms with E-state index in [9.17, 15) is 14.4 Å². The van der Waals surface area contributed by atoms with Crippen LogP contribution in [-0.2, 0) is 23.8 Å². The minimum atomic E-state index is -0.958. The van der Waals surface area contributed by atoms with Gasteiger partial charge in [-0.2, -0.15) is 0 Å². The molecule has 1 amide bonds. The van der Waals surface area contributed by atoms with Crippen LogP contribution in [0, 0.1) is 5.92 Å². The molecule has 0 aromatic heterocycles. The Morgan fingerprint density at radius 2 is 1.52 bits per heavy atom. The zero-order chi connectivity index (χ0) is 17.2. The van der Waals surface area contributed by atoms with E-state index < -0.39 is 29.6 Å². The molecule has 0 rings (SSSR count). The van der Waals surface area contributed by atoms with Gasteiger partial charge in [-0.15, -0.1) is 0 Å². The summed E-state index contributed by atoms with van der Waals surface area (Å²) in [5, 5.41) is 2.57. The van der Waals surface area contributed by atoms with E-state index in [4.69, 9.17) is 14.2 Å². The van der Waals surface area contributed by atoms with E-state index in [0.717, 1.165) is 0 Å². The molecule has 0 aromatic carbocycles. The molecule has 0 aromatic rings. The van der Waals surface area contributed by atoms with Gasteiger partial charge in [-0.05, 0) is 47.5 Å². The maximum absolute atomic E-state index is 11.7. The summed E-state index contributed by atoms with van der Waals surface area (Å²) in [6.07, 6.45) is 0.144. The van der Waals surface area contributed by atoms with Crippen molar-refractivity contribution in [2.24, 2.45) is 5.92 Å². The molecule has 8 heteroatoms. The zero-order valence-electron chi connectivity index (χ0n) is 16.1. The first kappa shape index (κ1) is 24.5. The predicted molar refractivity (Wildman–Crippen MR) is 81.3 cm³/mol. The van der Waals surface area contributed by atoms with Crippen LogP contribution in [0.1, 0.15) is 48.9 Å². The number of amides is 1. The number of esters is 2. The SMILES string of the molecule is CCOC(=O)C(CCCNC(=O)OC(C)(C)C)C(=O)OCC.[H-].[Na+]. The van der Waals surface area contributed by atoms with Crippen molar-refractivity contribution in [1.29, 1.82) is 0 Å². The van der Waals surface area contributed by atoms with Crippen LogP contribution in [0.3, 0.4) is 0 Å². The molecule has 0 unspecified atom stereocenters. The van der Waals surface area contributed by atoms with Crippen LogP contribution in [-0.4, -0.2) is 43.4 Å². The monoisotopic (exact) mass is 341 g/mol.